The zero-order chi connectivity index (χ0) is 14.4. The van der Waals surface area contributed by atoms with Gasteiger partial charge in [0.25, 0.3) is 0 Å². The van der Waals surface area contributed by atoms with E-state index in [0.717, 1.165) is 25.7 Å². The van der Waals surface area contributed by atoms with Crippen LogP contribution in [0.15, 0.2) is 18.2 Å². The summed E-state index contributed by atoms with van der Waals surface area (Å²) < 4.78 is 10.7. The van der Waals surface area contributed by atoms with Gasteiger partial charge in [0.05, 0.1) is 18.7 Å². The van der Waals surface area contributed by atoms with Crippen molar-refractivity contribution < 1.29 is 14.3 Å². The van der Waals surface area contributed by atoms with E-state index in [2.05, 4.69) is 0 Å². The molecule has 0 aliphatic heterocycles. The molecule has 4 nitrogen and oxygen atoms in total. The van der Waals surface area contributed by atoms with E-state index in [1.165, 1.54) is 13.5 Å². The summed E-state index contributed by atoms with van der Waals surface area (Å²) in [4.78, 5) is 12.1. The van der Waals surface area contributed by atoms with Gasteiger partial charge in [0.2, 0.25) is 0 Å². The molecule has 20 heavy (non-hydrogen) atoms. The SMILES string of the molecule is COc1cc(C#N)ccc1OCC(=O)C1CCCCC1. The van der Waals surface area contributed by atoms with E-state index in [9.17, 15) is 4.79 Å². The first-order chi connectivity index (χ1) is 9.74. The van der Waals surface area contributed by atoms with E-state index in [1.807, 2.05) is 6.07 Å². The van der Waals surface area contributed by atoms with Gasteiger partial charge in [0.1, 0.15) is 6.61 Å². The molecule has 0 N–H and O–H groups in total. The number of ketones is 1. The molecule has 0 amide bonds. The molecule has 1 aliphatic rings. The van der Waals surface area contributed by atoms with Crippen LogP contribution in [-0.4, -0.2) is 19.5 Å². The Balaban J connectivity index is 1.96. The van der Waals surface area contributed by atoms with Gasteiger partial charge in [-0.05, 0) is 25.0 Å². The number of carbonyl (C=O) groups excluding carboxylic acids is 1. The fraction of sp³-hybridized carbons (Fsp3) is 0.500. The fourth-order valence-electron chi connectivity index (χ4n) is 2.55. The third-order valence-corrected chi connectivity index (χ3v) is 3.72. The first kappa shape index (κ1) is 14.4. The Kier molecular flexibility index (Phi) is 5.00. The maximum atomic E-state index is 12.1. The minimum Gasteiger partial charge on any atom is -0.493 e. The highest BCUT2D eigenvalue weighted by molar-refractivity contribution is 5.82. The van der Waals surface area contributed by atoms with Crippen molar-refractivity contribution in [3.05, 3.63) is 23.8 Å². The van der Waals surface area contributed by atoms with Gasteiger partial charge < -0.3 is 9.47 Å². The summed E-state index contributed by atoms with van der Waals surface area (Å²) in [6.45, 7) is 0.0763. The van der Waals surface area contributed by atoms with Crippen molar-refractivity contribution in [2.75, 3.05) is 13.7 Å². The van der Waals surface area contributed by atoms with Crippen LogP contribution in [0, 0.1) is 17.2 Å². The minimum atomic E-state index is 0.0763. The first-order valence-electron chi connectivity index (χ1n) is 6.98. The van der Waals surface area contributed by atoms with E-state index in [1.54, 1.807) is 18.2 Å². The monoisotopic (exact) mass is 273 g/mol. The van der Waals surface area contributed by atoms with Crippen LogP contribution in [0.5, 0.6) is 11.5 Å². The van der Waals surface area contributed by atoms with Crippen molar-refractivity contribution in [3.8, 4) is 17.6 Å². The average Bonchev–Trinajstić information content (AvgIpc) is 2.53. The molecule has 0 spiro atoms. The van der Waals surface area contributed by atoms with E-state index in [4.69, 9.17) is 14.7 Å². The van der Waals surface area contributed by atoms with E-state index in [-0.39, 0.29) is 18.3 Å². The predicted octanol–water partition coefficient (Wildman–Crippen LogP) is 3.10. The van der Waals surface area contributed by atoms with Crippen LogP contribution in [0.2, 0.25) is 0 Å². The number of benzene rings is 1. The molecule has 1 fully saturated rings. The number of hydrogen-bond donors (Lipinski definition) is 0. The quantitative estimate of drug-likeness (QED) is 0.827. The second-order valence-electron chi connectivity index (χ2n) is 5.07. The lowest BCUT2D eigenvalue weighted by atomic mass is 9.86. The zero-order valence-corrected chi connectivity index (χ0v) is 11.7. The van der Waals surface area contributed by atoms with Gasteiger partial charge in [-0.15, -0.1) is 0 Å². The number of hydrogen-bond acceptors (Lipinski definition) is 4. The molecule has 0 radical (unpaired) electrons. The summed E-state index contributed by atoms with van der Waals surface area (Å²) in [6.07, 6.45) is 5.46. The number of ether oxygens (including phenoxy) is 2. The normalized spacial score (nSPS) is 15.4. The van der Waals surface area contributed by atoms with E-state index in [0.29, 0.717) is 17.1 Å². The van der Waals surface area contributed by atoms with Crippen LogP contribution in [0.3, 0.4) is 0 Å². The summed E-state index contributed by atoms with van der Waals surface area (Å²) in [5.41, 5.74) is 0.507. The standard InChI is InChI=1S/C16H19NO3/c1-19-16-9-12(10-17)7-8-15(16)20-11-14(18)13-5-3-2-4-6-13/h7-9,13H,2-6,11H2,1H3. The smallest absolute Gasteiger partial charge is 0.173 e. The van der Waals surface area contributed by atoms with Crippen LogP contribution in [0.4, 0.5) is 0 Å². The molecule has 1 aromatic carbocycles. The van der Waals surface area contributed by atoms with Crippen LogP contribution in [-0.2, 0) is 4.79 Å². The highest BCUT2D eigenvalue weighted by atomic mass is 16.5. The van der Waals surface area contributed by atoms with Gasteiger partial charge in [-0.3, -0.25) is 4.79 Å². The average molecular weight is 273 g/mol. The molecule has 1 aromatic rings. The molecular weight excluding hydrogens is 254 g/mol. The van der Waals surface area contributed by atoms with Crippen LogP contribution in [0.1, 0.15) is 37.7 Å². The molecule has 0 unspecified atom stereocenters. The van der Waals surface area contributed by atoms with Crippen molar-refractivity contribution in [3.63, 3.8) is 0 Å². The molecule has 4 heteroatoms. The second-order valence-corrected chi connectivity index (χ2v) is 5.07. The second kappa shape index (κ2) is 6.95. The minimum absolute atomic E-state index is 0.0763. The lowest BCUT2D eigenvalue weighted by molar-refractivity contribution is -0.125. The molecule has 0 aromatic heterocycles. The van der Waals surface area contributed by atoms with Gasteiger partial charge in [0, 0.05) is 12.0 Å². The summed E-state index contributed by atoms with van der Waals surface area (Å²) in [7, 11) is 1.52. The fourth-order valence-corrected chi connectivity index (χ4v) is 2.55. The molecule has 0 atom stereocenters. The zero-order valence-electron chi connectivity index (χ0n) is 11.7. The number of rotatable bonds is 5. The lowest BCUT2D eigenvalue weighted by Crippen LogP contribution is -2.23. The Morgan fingerprint density at radius 1 is 1.30 bits per heavy atom. The highest BCUT2D eigenvalue weighted by Gasteiger charge is 2.21. The summed E-state index contributed by atoms with van der Waals surface area (Å²) in [5, 5.41) is 8.84. The summed E-state index contributed by atoms with van der Waals surface area (Å²) in [5.74, 6) is 1.31. The molecule has 106 valence electrons. The van der Waals surface area contributed by atoms with Gasteiger partial charge in [0.15, 0.2) is 17.3 Å². The Morgan fingerprint density at radius 3 is 2.70 bits per heavy atom. The molecule has 0 heterocycles. The predicted molar refractivity (Wildman–Crippen MR) is 74.8 cm³/mol. The number of nitriles is 1. The van der Waals surface area contributed by atoms with Crippen molar-refractivity contribution in [1.29, 1.82) is 5.26 Å². The largest absolute Gasteiger partial charge is 0.493 e. The van der Waals surface area contributed by atoms with Gasteiger partial charge >= 0.3 is 0 Å². The van der Waals surface area contributed by atoms with Gasteiger partial charge in [-0.1, -0.05) is 19.3 Å². The molecule has 0 bridgehead atoms. The highest BCUT2D eigenvalue weighted by Crippen LogP contribution is 2.29. The Bertz CT molecular complexity index is 513. The van der Waals surface area contributed by atoms with E-state index < -0.39 is 0 Å². The summed E-state index contributed by atoms with van der Waals surface area (Å²) >= 11 is 0. The van der Waals surface area contributed by atoms with Gasteiger partial charge in [-0.2, -0.15) is 5.26 Å². The Hall–Kier alpha value is -2.02. The third kappa shape index (κ3) is 3.51. The van der Waals surface area contributed by atoms with Gasteiger partial charge in [-0.25, -0.2) is 0 Å². The van der Waals surface area contributed by atoms with Crippen molar-refractivity contribution in [1.82, 2.24) is 0 Å². The molecule has 2 rings (SSSR count). The van der Waals surface area contributed by atoms with E-state index >= 15 is 0 Å². The number of carbonyl (C=O) groups is 1. The Morgan fingerprint density at radius 2 is 2.05 bits per heavy atom. The molecular formula is C16H19NO3. The molecule has 0 saturated heterocycles. The van der Waals surface area contributed by atoms with Crippen LogP contribution >= 0.6 is 0 Å². The van der Waals surface area contributed by atoms with Crippen molar-refractivity contribution in [2.24, 2.45) is 5.92 Å². The summed E-state index contributed by atoms with van der Waals surface area (Å²) in [6, 6.07) is 6.98. The molecule has 1 saturated carbocycles. The number of Topliss-reactive ketones (excluding diaryl/α,β-unsaturated/α-hetero) is 1. The van der Waals surface area contributed by atoms with Crippen LogP contribution in [0.25, 0.3) is 0 Å². The number of methoxy groups -OCH3 is 1. The van der Waals surface area contributed by atoms with Crippen LogP contribution < -0.4 is 9.47 Å². The third-order valence-electron chi connectivity index (χ3n) is 3.72. The first-order valence-corrected chi connectivity index (χ1v) is 6.98. The molecule has 1 aliphatic carbocycles. The maximum Gasteiger partial charge on any atom is 0.173 e. The van der Waals surface area contributed by atoms with Crippen molar-refractivity contribution >= 4 is 5.78 Å². The topological polar surface area (TPSA) is 59.3 Å². The number of nitrogens with zero attached hydrogens (tertiary/aromatic N) is 1. The Labute approximate surface area is 119 Å². The van der Waals surface area contributed by atoms with Crippen molar-refractivity contribution in [2.45, 2.75) is 32.1 Å². The lowest BCUT2D eigenvalue weighted by Gasteiger charge is -2.20. The maximum absolute atomic E-state index is 12.1.